The van der Waals surface area contributed by atoms with Gasteiger partial charge in [-0.15, -0.1) is 10.2 Å². The number of carbonyl (C=O) groups excluding carboxylic acids is 2. The second-order valence-electron chi connectivity index (χ2n) is 14.4. The van der Waals surface area contributed by atoms with E-state index >= 15 is 0 Å². The van der Waals surface area contributed by atoms with E-state index in [1.54, 1.807) is 29.7 Å². The smallest absolute Gasteiger partial charge is 0.226 e. The lowest BCUT2D eigenvalue weighted by atomic mass is 9.98. The van der Waals surface area contributed by atoms with E-state index in [-0.39, 0.29) is 54.3 Å². The summed E-state index contributed by atoms with van der Waals surface area (Å²) in [6, 6.07) is 28.7. The lowest BCUT2D eigenvalue weighted by Crippen LogP contribution is -2.09. The Kier molecular flexibility index (Phi) is 11.3. The lowest BCUT2D eigenvalue weighted by molar-refractivity contribution is -0.118. The fourth-order valence-electron chi connectivity index (χ4n) is 7.00. The first-order valence-electron chi connectivity index (χ1n) is 18.7. The van der Waals surface area contributed by atoms with Gasteiger partial charge in [0, 0.05) is 48.7 Å². The van der Waals surface area contributed by atoms with Gasteiger partial charge in [-0.2, -0.15) is 5.10 Å². The van der Waals surface area contributed by atoms with Crippen molar-refractivity contribution in [3.05, 3.63) is 165 Å². The van der Waals surface area contributed by atoms with Gasteiger partial charge in [0.2, 0.25) is 5.95 Å². The number of ketones is 2. The van der Waals surface area contributed by atoms with Crippen LogP contribution in [-0.4, -0.2) is 41.3 Å². The van der Waals surface area contributed by atoms with Gasteiger partial charge in [0.15, 0.2) is 17.2 Å². The molecule has 8 rings (SSSR count). The third-order valence-electron chi connectivity index (χ3n) is 10.2. The normalized spacial score (nSPS) is 11.0. The number of aromatic amines is 1. The van der Waals surface area contributed by atoms with Gasteiger partial charge in [-0.1, -0.05) is 60.7 Å². The van der Waals surface area contributed by atoms with Crippen LogP contribution in [-0.2, 0) is 35.3 Å². The number of nitrogens with two attached hydrogens (primary N) is 2. The fourth-order valence-corrected chi connectivity index (χ4v) is 7.00. The molecule has 0 unspecified atom stereocenters. The summed E-state index contributed by atoms with van der Waals surface area (Å²) in [6.45, 7) is 12.8. The molecule has 4 aromatic heterocycles. The van der Waals surface area contributed by atoms with Crippen LogP contribution in [0.3, 0.4) is 0 Å². The molecule has 294 valence electrons. The largest absolute Gasteiger partial charge is 0.382 e. The molecule has 11 nitrogen and oxygen atoms in total. The number of benzene rings is 4. The highest BCUT2D eigenvalue weighted by Gasteiger charge is 2.17. The maximum Gasteiger partial charge on any atom is 0.226 e. The standard InChI is InChI=1S/C23H18FN5O.C23H21FN4O/c1-14-6-11-19(24)18(22(14)26-2)13-17(30)12-15-7-9-16(10-8-15)20-4-3-5-21-27-28-23(25)29(20)21;1-13-8-16(20(24)9-14(13)2)10-18(29)11-17-7-6-15(12-26-17)19-4-3-5-21-22(19)23(25)28-27-21/h3-11H,12-13H2,1H3,(H2,25,28);3-9,12H,10-11H2,1-2H3,(H3,25,27,28). The average molecular weight is 788 g/mol. The molecule has 0 aliphatic carbocycles. The fraction of sp³-hybridized carbons (Fsp3) is 0.152. The minimum atomic E-state index is -0.519. The third-order valence-corrected chi connectivity index (χ3v) is 10.2. The maximum absolute atomic E-state index is 14.2. The first-order chi connectivity index (χ1) is 28.4. The van der Waals surface area contributed by atoms with Gasteiger partial charge in [0.25, 0.3) is 0 Å². The molecule has 0 fully saturated rings. The number of Topliss-reactive ketones (excluding diaryl/α,β-unsaturated/α-hetero) is 2. The molecule has 0 aliphatic heterocycles. The van der Waals surface area contributed by atoms with Crippen LogP contribution in [0.2, 0.25) is 0 Å². The van der Waals surface area contributed by atoms with Crippen molar-refractivity contribution in [2.24, 2.45) is 0 Å². The number of hydrogen-bond donors (Lipinski definition) is 3. The molecule has 8 aromatic rings. The highest BCUT2D eigenvalue weighted by molar-refractivity contribution is 6.01. The highest BCUT2D eigenvalue weighted by Crippen LogP contribution is 2.31. The zero-order chi connectivity index (χ0) is 41.8. The van der Waals surface area contributed by atoms with Crippen molar-refractivity contribution in [1.29, 1.82) is 0 Å². The zero-order valence-electron chi connectivity index (χ0n) is 32.6. The van der Waals surface area contributed by atoms with Gasteiger partial charge in [-0.25, -0.2) is 13.6 Å². The molecule has 4 aromatic carbocycles. The Morgan fingerprint density at radius 3 is 2.24 bits per heavy atom. The molecule has 0 saturated carbocycles. The Bertz CT molecular complexity index is 2910. The van der Waals surface area contributed by atoms with Crippen LogP contribution in [0.5, 0.6) is 0 Å². The molecule has 13 heteroatoms. The summed E-state index contributed by atoms with van der Waals surface area (Å²) in [5.41, 5.74) is 21.8. The number of halogens is 2. The number of aryl methyl sites for hydroxylation is 3. The summed E-state index contributed by atoms with van der Waals surface area (Å²) in [5.74, 6) is -0.345. The maximum atomic E-state index is 14.2. The van der Waals surface area contributed by atoms with Crippen molar-refractivity contribution in [3.63, 3.8) is 0 Å². The molecule has 0 atom stereocenters. The van der Waals surface area contributed by atoms with Crippen LogP contribution in [0.1, 0.15) is 39.1 Å². The number of H-pyrrole nitrogens is 1. The van der Waals surface area contributed by atoms with Gasteiger partial charge >= 0.3 is 0 Å². The molecule has 0 saturated heterocycles. The monoisotopic (exact) mass is 787 g/mol. The van der Waals surface area contributed by atoms with Crippen LogP contribution < -0.4 is 11.5 Å². The molecular formula is C46H39F2N9O2. The quantitative estimate of drug-likeness (QED) is 0.116. The first kappa shape index (κ1) is 39.6. The van der Waals surface area contributed by atoms with Crippen molar-refractivity contribution in [2.75, 3.05) is 11.5 Å². The Morgan fingerprint density at radius 2 is 1.49 bits per heavy atom. The second-order valence-corrected chi connectivity index (χ2v) is 14.4. The summed E-state index contributed by atoms with van der Waals surface area (Å²) in [4.78, 5) is 32.8. The van der Waals surface area contributed by atoms with Crippen LogP contribution in [0.25, 0.3) is 43.8 Å². The average Bonchev–Trinajstić information content (AvgIpc) is 3.81. The highest BCUT2D eigenvalue weighted by atomic mass is 19.1. The molecular weight excluding hydrogens is 749 g/mol. The van der Waals surface area contributed by atoms with E-state index in [0.717, 1.165) is 50.0 Å². The van der Waals surface area contributed by atoms with Crippen LogP contribution in [0.4, 0.5) is 26.2 Å². The molecule has 0 bridgehead atoms. The van der Waals surface area contributed by atoms with E-state index < -0.39 is 5.82 Å². The zero-order valence-corrected chi connectivity index (χ0v) is 32.6. The minimum absolute atomic E-state index is 0.0568. The predicted molar refractivity (Wildman–Crippen MR) is 225 cm³/mol. The number of hydrogen-bond acceptors (Lipinski definition) is 8. The van der Waals surface area contributed by atoms with E-state index in [2.05, 4.69) is 30.2 Å². The van der Waals surface area contributed by atoms with E-state index in [9.17, 15) is 18.4 Å². The Labute approximate surface area is 338 Å². The van der Waals surface area contributed by atoms with E-state index in [1.165, 1.54) is 12.1 Å². The van der Waals surface area contributed by atoms with Gasteiger partial charge in [0.1, 0.15) is 23.2 Å². The summed E-state index contributed by atoms with van der Waals surface area (Å²) in [6.07, 6.45) is 1.99. The topological polar surface area (TPSA) is 162 Å². The number of nitrogen functional groups attached to an aromatic ring is 2. The Morgan fingerprint density at radius 1 is 0.763 bits per heavy atom. The number of pyridine rings is 2. The number of anilines is 2. The molecule has 4 heterocycles. The van der Waals surface area contributed by atoms with Crippen molar-refractivity contribution in [1.82, 2.24) is 29.8 Å². The summed E-state index contributed by atoms with van der Waals surface area (Å²) in [5, 5.41) is 15.7. The van der Waals surface area contributed by atoms with Crippen LogP contribution in [0, 0.1) is 39.0 Å². The SMILES string of the molecule is Cc1cc(F)c(CC(=O)Cc2ccc(-c3cccc4[nH]nc(N)c34)cn2)cc1C.[C-]#[N+]c1c(C)ccc(F)c1CC(=O)Cc1ccc(-c2cccc3nnc(N)n23)cc1. The van der Waals surface area contributed by atoms with Gasteiger partial charge in [-0.05, 0) is 96.1 Å². The van der Waals surface area contributed by atoms with Gasteiger partial charge < -0.3 is 11.5 Å². The summed E-state index contributed by atoms with van der Waals surface area (Å²) in [7, 11) is 0. The molecule has 59 heavy (non-hydrogen) atoms. The molecule has 5 N–H and O–H groups in total. The number of rotatable bonds is 10. The number of nitrogens with zero attached hydrogens (tertiary/aromatic N) is 6. The Hall–Kier alpha value is -7.59. The molecule has 0 amide bonds. The number of carbonyl (C=O) groups is 2. The van der Waals surface area contributed by atoms with Crippen LogP contribution >= 0.6 is 0 Å². The second kappa shape index (κ2) is 16.9. The first-order valence-corrected chi connectivity index (χ1v) is 18.7. The minimum Gasteiger partial charge on any atom is -0.382 e. The molecule has 0 spiro atoms. The summed E-state index contributed by atoms with van der Waals surface area (Å²) >= 11 is 0. The van der Waals surface area contributed by atoms with Crippen LogP contribution in [0.15, 0.2) is 103 Å². The van der Waals surface area contributed by atoms with Gasteiger partial charge in [-0.3, -0.25) is 24.1 Å². The lowest BCUT2D eigenvalue weighted by Gasteiger charge is -2.09. The van der Waals surface area contributed by atoms with E-state index in [1.807, 2.05) is 86.6 Å². The van der Waals surface area contributed by atoms with Crippen molar-refractivity contribution in [3.8, 4) is 22.4 Å². The Balaban J connectivity index is 0.000000179. The number of aromatic nitrogens is 6. The molecule has 0 radical (unpaired) electrons. The van der Waals surface area contributed by atoms with Crippen molar-refractivity contribution in [2.45, 2.75) is 46.5 Å². The van der Waals surface area contributed by atoms with E-state index in [0.29, 0.717) is 34.2 Å². The van der Waals surface area contributed by atoms with E-state index in [4.69, 9.17) is 18.0 Å². The van der Waals surface area contributed by atoms with Crippen molar-refractivity contribution < 1.29 is 18.4 Å². The molecule has 0 aliphatic rings. The number of nitrogens with one attached hydrogen (secondary N) is 1. The third kappa shape index (κ3) is 8.57. The number of fused-ring (bicyclic) bond motifs is 2. The van der Waals surface area contributed by atoms with Gasteiger partial charge in [0.05, 0.1) is 23.2 Å². The van der Waals surface area contributed by atoms with Crippen molar-refractivity contribution >= 4 is 45.6 Å². The summed E-state index contributed by atoms with van der Waals surface area (Å²) < 4.78 is 30.0. The predicted octanol–water partition coefficient (Wildman–Crippen LogP) is 8.65.